The molecule has 1 unspecified atom stereocenters. The molecule has 0 fully saturated rings. The van der Waals surface area contributed by atoms with E-state index in [9.17, 15) is 9.59 Å². The van der Waals surface area contributed by atoms with E-state index in [0.717, 1.165) is 11.3 Å². The Kier molecular flexibility index (Phi) is 3.91. The highest BCUT2D eigenvalue weighted by Gasteiger charge is 2.26. The summed E-state index contributed by atoms with van der Waals surface area (Å²) in [5.41, 5.74) is 2.32. The van der Waals surface area contributed by atoms with Crippen molar-refractivity contribution in [3.63, 3.8) is 0 Å². The standard InChI is InChI=1S/C18H19N3O4/c1-21-17(22)9-12-8-11(2-4-14(12)20-21)18(23)19-13-3-5-15-16(10-13)25-7-6-24-15/h3,5,9-11H,2,4,6-8H2,1H3,(H,19,23). The van der Waals surface area contributed by atoms with Gasteiger partial charge in [-0.1, -0.05) is 0 Å². The fraction of sp³-hybridized carbons (Fsp3) is 0.389. The minimum atomic E-state index is -0.172. The summed E-state index contributed by atoms with van der Waals surface area (Å²) < 4.78 is 12.4. The maximum absolute atomic E-state index is 12.6. The molecule has 1 N–H and O–H groups in total. The first-order chi connectivity index (χ1) is 12.1. The van der Waals surface area contributed by atoms with Crippen molar-refractivity contribution in [2.24, 2.45) is 13.0 Å². The third kappa shape index (κ3) is 3.09. The van der Waals surface area contributed by atoms with Crippen molar-refractivity contribution in [3.05, 3.63) is 45.9 Å². The van der Waals surface area contributed by atoms with Gasteiger partial charge in [0.1, 0.15) is 13.2 Å². The van der Waals surface area contributed by atoms with Crippen molar-refractivity contribution in [2.45, 2.75) is 19.3 Å². The summed E-state index contributed by atoms with van der Waals surface area (Å²) >= 11 is 0. The molecule has 4 rings (SSSR count). The summed E-state index contributed by atoms with van der Waals surface area (Å²) in [5.74, 6) is 1.11. The van der Waals surface area contributed by atoms with Crippen LogP contribution in [0.1, 0.15) is 17.7 Å². The summed E-state index contributed by atoms with van der Waals surface area (Å²) in [7, 11) is 1.64. The van der Waals surface area contributed by atoms with Gasteiger partial charge in [-0.25, -0.2) is 4.68 Å². The highest BCUT2D eigenvalue weighted by atomic mass is 16.6. The fourth-order valence-electron chi connectivity index (χ4n) is 3.28. The van der Waals surface area contributed by atoms with Gasteiger partial charge < -0.3 is 14.8 Å². The van der Waals surface area contributed by atoms with Gasteiger partial charge in [0.2, 0.25) is 5.91 Å². The maximum Gasteiger partial charge on any atom is 0.266 e. The van der Waals surface area contributed by atoms with Gasteiger partial charge in [-0.15, -0.1) is 0 Å². The number of hydrogen-bond acceptors (Lipinski definition) is 5. The minimum absolute atomic E-state index is 0.0528. The van der Waals surface area contributed by atoms with Crippen molar-refractivity contribution >= 4 is 11.6 Å². The van der Waals surface area contributed by atoms with Crippen LogP contribution in [0.4, 0.5) is 5.69 Å². The average Bonchev–Trinajstić information content (AvgIpc) is 2.62. The van der Waals surface area contributed by atoms with Crippen molar-refractivity contribution in [1.29, 1.82) is 0 Å². The molecule has 2 aromatic rings. The number of benzene rings is 1. The van der Waals surface area contributed by atoms with Crippen LogP contribution in [0.15, 0.2) is 29.1 Å². The Labute approximate surface area is 144 Å². The average molecular weight is 341 g/mol. The lowest BCUT2D eigenvalue weighted by atomic mass is 9.86. The number of rotatable bonds is 2. The summed E-state index contributed by atoms with van der Waals surface area (Å²) in [6.45, 7) is 1.04. The third-order valence-electron chi connectivity index (χ3n) is 4.63. The Bertz CT molecular complexity index is 890. The second kappa shape index (κ2) is 6.23. The van der Waals surface area contributed by atoms with Crippen LogP contribution < -0.4 is 20.3 Å². The van der Waals surface area contributed by atoms with E-state index in [1.165, 1.54) is 4.68 Å². The number of aryl methyl sites for hydroxylation is 2. The first-order valence-electron chi connectivity index (χ1n) is 8.37. The number of fused-ring (bicyclic) bond motifs is 2. The molecule has 130 valence electrons. The smallest absolute Gasteiger partial charge is 0.266 e. The summed E-state index contributed by atoms with van der Waals surface area (Å²) in [6.07, 6.45) is 1.95. The Morgan fingerprint density at radius 1 is 1.24 bits per heavy atom. The molecule has 0 spiro atoms. The van der Waals surface area contributed by atoms with Crippen molar-refractivity contribution in [3.8, 4) is 11.5 Å². The number of nitrogens with zero attached hydrogens (tertiary/aromatic N) is 2. The van der Waals surface area contributed by atoms with Gasteiger partial charge in [0, 0.05) is 30.8 Å². The number of ether oxygens (including phenoxy) is 2. The topological polar surface area (TPSA) is 82.5 Å². The number of carbonyl (C=O) groups excluding carboxylic acids is 1. The normalized spacial score (nSPS) is 18.4. The molecule has 1 amide bonds. The van der Waals surface area contributed by atoms with Gasteiger partial charge >= 0.3 is 0 Å². The van der Waals surface area contributed by atoms with Gasteiger partial charge in [0.25, 0.3) is 5.56 Å². The van der Waals surface area contributed by atoms with Crippen LogP contribution in [0.5, 0.6) is 11.5 Å². The molecule has 1 aromatic heterocycles. The molecule has 2 heterocycles. The summed E-state index contributed by atoms with van der Waals surface area (Å²) in [4.78, 5) is 24.4. The highest BCUT2D eigenvalue weighted by molar-refractivity contribution is 5.93. The van der Waals surface area contributed by atoms with Crippen LogP contribution in [0.2, 0.25) is 0 Å². The Hall–Kier alpha value is -2.83. The highest BCUT2D eigenvalue weighted by Crippen LogP contribution is 2.33. The largest absolute Gasteiger partial charge is 0.486 e. The molecule has 1 aliphatic heterocycles. The quantitative estimate of drug-likeness (QED) is 0.890. The van der Waals surface area contributed by atoms with Crippen LogP contribution in [-0.4, -0.2) is 28.9 Å². The van der Waals surface area contributed by atoms with Gasteiger partial charge in [-0.05, 0) is 37.0 Å². The predicted octanol–water partition coefficient (Wildman–Crippen LogP) is 1.30. The molecule has 1 aromatic carbocycles. The fourth-order valence-corrected chi connectivity index (χ4v) is 3.28. The molecule has 0 saturated carbocycles. The summed E-state index contributed by atoms with van der Waals surface area (Å²) in [5, 5.41) is 7.22. The van der Waals surface area contributed by atoms with E-state index in [1.807, 2.05) is 0 Å². The van der Waals surface area contributed by atoms with E-state index < -0.39 is 0 Å². The van der Waals surface area contributed by atoms with Gasteiger partial charge in [-0.2, -0.15) is 5.10 Å². The van der Waals surface area contributed by atoms with Crippen molar-refractivity contribution in [2.75, 3.05) is 18.5 Å². The van der Waals surface area contributed by atoms with Crippen molar-refractivity contribution < 1.29 is 14.3 Å². The number of aromatic nitrogens is 2. The van der Waals surface area contributed by atoms with Crippen LogP contribution >= 0.6 is 0 Å². The molecule has 25 heavy (non-hydrogen) atoms. The molecular weight excluding hydrogens is 322 g/mol. The van der Waals surface area contributed by atoms with E-state index >= 15 is 0 Å². The molecule has 7 heteroatoms. The third-order valence-corrected chi connectivity index (χ3v) is 4.63. The van der Waals surface area contributed by atoms with Crippen LogP contribution in [0.25, 0.3) is 0 Å². The van der Waals surface area contributed by atoms with Gasteiger partial charge in [0.05, 0.1) is 5.69 Å². The predicted molar refractivity (Wildman–Crippen MR) is 91.1 cm³/mol. The van der Waals surface area contributed by atoms with E-state index in [0.29, 0.717) is 49.7 Å². The number of anilines is 1. The number of carbonyl (C=O) groups is 1. The molecule has 0 radical (unpaired) electrons. The molecule has 1 atom stereocenters. The Morgan fingerprint density at radius 2 is 2.04 bits per heavy atom. The van der Waals surface area contributed by atoms with E-state index in [1.54, 1.807) is 31.3 Å². The zero-order valence-corrected chi connectivity index (χ0v) is 13.9. The van der Waals surface area contributed by atoms with Crippen LogP contribution in [-0.2, 0) is 24.7 Å². The molecule has 0 saturated heterocycles. The van der Waals surface area contributed by atoms with E-state index in [-0.39, 0.29) is 17.4 Å². The zero-order chi connectivity index (χ0) is 17.4. The van der Waals surface area contributed by atoms with Crippen molar-refractivity contribution in [1.82, 2.24) is 9.78 Å². The Balaban J connectivity index is 1.48. The van der Waals surface area contributed by atoms with Crippen LogP contribution in [0.3, 0.4) is 0 Å². The summed E-state index contributed by atoms with van der Waals surface area (Å²) in [6, 6.07) is 6.97. The molecule has 7 nitrogen and oxygen atoms in total. The lowest BCUT2D eigenvalue weighted by molar-refractivity contribution is -0.120. The maximum atomic E-state index is 12.6. The second-order valence-corrected chi connectivity index (χ2v) is 6.37. The molecular formula is C18H19N3O4. The number of nitrogens with one attached hydrogen (secondary N) is 1. The number of amides is 1. The second-order valence-electron chi connectivity index (χ2n) is 6.37. The van der Waals surface area contributed by atoms with E-state index in [2.05, 4.69) is 10.4 Å². The minimum Gasteiger partial charge on any atom is -0.486 e. The molecule has 2 aliphatic rings. The molecule has 1 aliphatic carbocycles. The lowest BCUT2D eigenvalue weighted by Gasteiger charge is -2.24. The lowest BCUT2D eigenvalue weighted by Crippen LogP contribution is -2.31. The Morgan fingerprint density at radius 3 is 2.88 bits per heavy atom. The van der Waals surface area contributed by atoms with Crippen LogP contribution in [0, 0.1) is 5.92 Å². The first-order valence-corrected chi connectivity index (χ1v) is 8.37. The van der Waals surface area contributed by atoms with Gasteiger partial charge in [-0.3, -0.25) is 9.59 Å². The van der Waals surface area contributed by atoms with E-state index in [4.69, 9.17) is 9.47 Å². The molecule has 0 bridgehead atoms. The first kappa shape index (κ1) is 15.7. The van der Waals surface area contributed by atoms with Gasteiger partial charge in [0.15, 0.2) is 11.5 Å². The zero-order valence-electron chi connectivity index (χ0n) is 13.9. The SMILES string of the molecule is Cn1nc2c(cc1=O)CC(C(=O)Nc1ccc3c(c1)OCCO3)CC2. The monoisotopic (exact) mass is 341 g/mol. The number of hydrogen-bond donors (Lipinski definition) is 1.